The summed E-state index contributed by atoms with van der Waals surface area (Å²) in [7, 11) is 0. The molecular formula is C14H17N3OS. The van der Waals surface area contributed by atoms with E-state index in [-0.39, 0.29) is 5.43 Å². The second-order valence-corrected chi connectivity index (χ2v) is 5.75. The molecule has 5 heteroatoms. The molecule has 0 spiro atoms. The summed E-state index contributed by atoms with van der Waals surface area (Å²) in [6.07, 6.45) is 11.7. The highest BCUT2D eigenvalue weighted by atomic mass is 32.2. The van der Waals surface area contributed by atoms with E-state index in [0.717, 1.165) is 10.8 Å². The molecule has 0 atom stereocenters. The number of rotatable bonds is 2. The molecule has 0 aliphatic heterocycles. The van der Waals surface area contributed by atoms with Gasteiger partial charge in [0, 0.05) is 24.5 Å². The highest BCUT2D eigenvalue weighted by molar-refractivity contribution is 7.98. The van der Waals surface area contributed by atoms with Crippen LogP contribution in [0.4, 0.5) is 0 Å². The van der Waals surface area contributed by atoms with Crippen LogP contribution in [-0.2, 0) is 0 Å². The maximum absolute atomic E-state index is 11.9. The molecule has 100 valence electrons. The third-order valence-corrected chi connectivity index (χ3v) is 4.36. The Labute approximate surface area is 116 Å². The first kappa shape index (κ1) is 12.7. The molecule has 0 bridgehead atoms. The lowest BCUT2D eigenvalue weighted by atomic mass is 9.95. The van der Waals surface area contributed by atoms with Gasteiger partial charge < -0.3 is 4.57 Å². The molecule has 0 saturated heterocycles. The van der Waals surface area contributed by atoms with Crippen molar-refractivity contribution >= 4 is 22.8 Å². The van der Waals surface area contributed by atoms with Crippen molar-refractivity contribution in [1.82, 2.24) is 14.5 Å². The standard InChI is InChI=1S/C14H17N3OS/c1-19-14-15-9-11-12(18)7-8-17(13(11)16-14)10-5-3-2-4-6-10/h7-10H,2-6H2,1H3. The number of fused-ring (bicyclic) bond motifs is 1. The maximum atomic E-state index is 11.9. The Bertz CT molecular complexity index is 647. The molecule has 2 aromatic rings. The van der Waals surface area contributed by atoms with Crippen LogP contribution >= 0.6 is 11.8 Å². The molecule has 4 nitrogen and oxygen atoms in total. The van der Waals surface area contributed by atoms with Gasteiger partial charge in [-0.05, 0) is 19.1 Å². The SMILES string of the molecule is CSc1ncc2c(=O)ccn(C3CCCCC3)c2n1. The van der Waals surface area contributed by atoms with Crippen LogP contribution in [0.15, 0.2) is 28.4 Å². The fraction of sp³-hybridized carbons (Fsp3) is 0.500. The number of thioether (sulfide) groups is 1. The topological polar surface area (TPSA) is 47.8 Å². The molecule has 19 heavy (non-hydrogen) atoms. The highest BCUT2D eigenvalue weighted by Crippen LogP contribution is 2.29. The summed E-state index contributed by atoms with van der Waals surface area (Å²) in [6, 6.07) is 2.11. The summed E-state index contributed by atoms with van der Waals surface area (Å²) in [5, 5.41) is 1.36. The fourth-order valence-electron chi connectivity index (χ4n) is 2.79. The fourth-order valence-corrected chi connectivity index (χ4v) is 3.12. The van der Waals surface area contributed by atoms with Gasteiger partial charge in [0.25, 0.3) is 0 Å². The first-order chi connectivity index (χ1) is 9.29. The van der Waals surface area contributed by atoms with E-state index in [0.29, 0.717) is 11.4 Å². The van der Waals surface area contributed by atoms with Gasteiger partial charge in [-0.3, -0.25) is 4.79 Å². The summed E-state index contributed by atoms with van der Waals surface area (Å²) in [4.78, 5) is 20.7. The smallest absolute Gasteiger partial charge is 0.192 e. The predicted octanol–water partition coefficient (Wildman–Crippen LogP) is 3.02. The Morgan fingerprint density at radius 2 is 2.11 bits per heavy atom. The average Bonchev–Trinajstić information content (AvgIpc) is 2.48. The number of nitrogens with zero attached hydrogens (tertiary/aromatic N) is 3. The van der Waals surface area contributed by atoms with Crippen LogP contribution in [0.3, 0.4) is 0 Å². The summed E-state index contributed by atoms with van der Waals surface area (Å²) < 4.78 is 2.18. The third-order valence-electron chi connectivity index (χ3n) is 3.79. The van der Waals surface area contributed by atoms with Gasteiger partial charge in [0.15, 0.2) is 10.6 Å². The van der Waals surface area contributed by atoms with Crippen LogP contribution in [0.1, 0.15) is 38.1 Å². The zero-order chi connectivity index (χ0) is 13.2. The zero-order valence-corrected chi connectivity index (χ0v) is 11.8. The van der Waals surface area contributed by atoms with Crippen molar-refractivity contribution in [2.75, 3.05) is 6.26 Å². The average molecular weight is 275 g/mol. The third kappa shape index (κ3) is 2.39. The van der Waals surface area contributed by atoms with Crippen LogP contribution < -0.4 is 5.43 Å². The van der Waals surface area contributed by atoms with E-state index in [9.17, 15) is 4.79 Å². The van der Waals surface area contributed by atoms with Crippen molar-refractivity contribution in [2.45, 2.75) is 43.3 Å². The van der Waals surface area contributed by atoms with E-state index >= 15 is 0 Å². The van der Waals surface area contributed by atoms with E-state index in [1.54, 1.807) is 12.3 Å². The van der Waals surface area contributed by atoms with Crippen molar-refractivity contribution in [1.29, 1.82) is 0 Å². The Kier molecular flexibility index (Phi) is 3.55. The minimum Gasteiger partial charge on any atom is -0.329 e. The van der Waals surface area contributed by atoms with E-state index in [1.807, 2.05) is 12.5 Å². The van der Waals surface area contributed by atoms with Gasteiger partial charge in [-0.25, -0.2) is 9.97 Å². The summed E-state index contributed by atoms with van der Waals surface area (Å²) in [6.45, 7) is 0. The van der Waals surface area contributed by atoms with Crippen molar-refractivity contribution < 1.29 is 0 Å². The van der Waals surface area contributed by atoms with Crippen molar-refractivity contribution in [3.05, 3.63) is 28.7 Å². The van der Waals surface area contributed by atoms with E-state index in [4.69, 9.17) is 0 Å². The van der Waals surface area contributed by atoms with Gasteiger partial charge in [-0.2, -0.15) is 0 Å². The maximum Gasteiger partial charge on any atom is 0.192 e. The molecule has 0 radical (unpaired) electrons. The van der Waals surface area contributed by atoms with Gasteiger partial charge in [0.2, 0.25) is 0 Å². The number of pyridine rings is 1. The van der Waals surface area contributed by atoms with Crippen molar-refractivity contribution in [3.63, 3.8) is 0 Å². The van der Waals surface area contributed by atoms with Crippen LogP contribution in [0.5, 0.6) is 0 Å². The monoisotopic (exact) mass is 275 g/mol. The van der Waals surface area contributed by atoms with Gasteiger partial charge in [0.1, 0.15) is 5.65 Å². The Morgan fingerprint density at radius 1 is 1.32 bits per heavy atom. The first-order valence-corrected chi connectivity index (χ1v) is 7.94. The van der Waals surface area contributed by atoms with Gasteiger partial charge >= 0.3 is 0 Å². The molecule has 2 aromatic heterocycles. The molecule has 1 aliphatic carbocycles. The second-order valence-electron chi connectivity index (χ2n) is 4.97. The van der Waals surface area contributed by atoms with E-state index in [1.165, 1.54) is 43.9 Å². The lowest BCUT2D eigenvalue weighted by Crippen LogP contribution is -2.17. The van der Waals surface area contributed by atoms with Crippen molar-refractivity contribution in [3.8, 4) is 0 Å². The molecule has 2 heterocycles. The van der Waals surface area contributed by atoms with Gasteiger partial charge in [-0.15, -0.1) is 0 Å². The molecule has 0 unspecified atom stereocenters. The molecule has 0 aromatic carbocycles. The van der Waals surface area contributed by atoms with Gasteiger partial charge in [-0.1, -0.05) is 31.0 Å². The molecule has 0 amide bonds. The lowest BCUT2D eigenvalue weighted by Gasteiger charge is -2.25. The molecule has 1 fully saturated rings. The second kappa shape index (κ2) is 5.33. The molecule has 0 N–H and O–H groups in total. The van der Waals surface area contributed by atoms with Crippen LogP contribution in [0.25, 0.3) is 11.0 Å². The van der Waals surface area contributed by atoms with E-state index in [2.05, 4.69) is 14.5 Å². The Morgan fingerprint density at radius 3 is 2.84 bits per heavy atom. The summed E-state index contributed by atoms with van der Waals surface area (Å²) >= 11 is 1.51. The van der Waals surface area contributed by atoms with Gasteiger partial charge in [0.05, 0.1) is 5.39 Å². The zero-order valence-electron chi connectivity index (χ0n) is 11.0. The van der Waals surface area contributed by atoms with E-state index < -0.39 is 0 Å². The quantitative estimate of drug-likeness (QED) is 0.624. The number of hydrogen-bond donors (Lipinski definition) is 0. The lowest BCUT2D eigenvalue weighted by molar-refractivity contribution is 0.358. The number of hydrogen-bond acceptors (Lipinski definition) is 4. The van der Waals surface area contributed by atoms with Crippen LogP contribution in [-0.4, -0.2) is 20.8 Å². The molecule has 1 aliphatic rings. The van der Waals surface area contributed by atoms with Crippen LogP contribution in [0, 0.1) is 0 Å². The van der Waals surface area contributed by atoms with Crippen molar-refractivity contribution in [2.24, 2.45) is 0 Å². The minimum absolute atomic E-state index is 0.00899. The van der Waals surface area contributed by atoms with Crippen LogP contribution in [0.2, 0.25) is 0 Å². The molecule has 1 saturated carbocycles. The predicted molar refractivity (Wildman–Crippen MR) is 77.7 cm³/mol. The largest absolute Gasteiger partial charge is 0.329 e. The first-order valence-electron chi connectivity index (χ1n) is 6.71. The molecular weight excluding hydrogens is 258 g/mol. The minimum atomic E-state index is 0.00899. The summed E-state index contributed by atoms with van der Waals surface area (Å²) in [5.74, 6) is 0. The highest BCUT2D eigenvalue weighted by Gasteiger charge is 2.17. The number of aromatic nitrogens is 3. The normalized spacial score (nSPS) is 16.9. The Hall–Kier alpha value is -1.36. The summed E-state index contributed by atoms with van der Waals surface area (Å²) in [5.41, 5.74) is 0.800. The molecule has 3 rings (SSSR count). The Balaban J connectivity index is 2.17.